The molecule has 0 radical (unpaired) electrons. The van der Waals surface area contributed by atoms with Crippen LogP contribution in [0.4, 0.5) is 0 Å². The Hall–Kier alpha value is -0.937. The van der Waals surface area contributed by atoms with Gasteiger partial charge in [-0.2, -0.15) is 0 Å². The van der Waals surface area contributed by atoms with Crippen LogP contribution in [-0.4, -0.2) is 0 Å². The fourth-order valence-electron chi connectivity index (χ4n) is 3.22. The van der Waals surface area contributed by atoms with E-state index in [0.717, 1.165) is 6.42 Å². The summed E-state index contributed by atoms with van der Waals surface area (Å²) in [6.45, 7) is 6.75. The monoisotopic (exact) mass is 366 g/mol. The van der Waals surface area contributed by atoms with Gasteiger partial charge >= 0.3 is 0 Å². The second kappa shape index (κ2) is 7.56. The molecule has 2 aromatic rings. The van der Waals surface area contributed by atoms with Crippen molar-refractivity contribution in [3.05, 3.63) is 64.7 Å². The Balaban J connectivity index is 0.00000176. The van der Waals surface area contributed by atoms with Crippen molar-refractivity contribution in [3.8, 4) is 11.1 Å². The summed E-state index contributed by atoms with van der Waals surface area (Å²) >= 11 is 0. The van der Waals surface area contributed by atoms with Gasteiger partial charge in [0.15, 0.2) is 0 Å². The summed E-state index contributed by atoms with van der Waals surface area (Å²) < 4.78 is 0. The molecule has 1 aliphatic carbocycles. The molecule has 0 spiro atoms. The Bertz CT molecular complexity index is 663. The van der Waals surface area contributed by atoms with Crippen molar-refractivity contribution in [2.24, 2.45) is 0 Å². The second-order valence-corrected chi connectivity index (χ2v) is 6.38. The zero-order valence-electron chi connectivity index (χ0n) is 13.8. The molecular weight excluding hydrogens is 343 g/mol. The average molecular weight is 368 g/mol. The standard InChI is InChI=1S/C21H24.Zr/c1-4-6-16-13-19-7-5-8-20(21(19)14-16)18-11-9-17(10-12-18)15(2)3;/h5,7-12,14-15H,4,6,13H2,1-3H3;. The van der Waals surface area contributed by atoms with Gasteiger partial charge in [-0.25, -0.2) is 0 Å². The second-order valence-electron chi connectivity index (χ2n) is 6.38. The van der Waals surface area contributed by atoms with Crippen molar-refractivity contribution < 1.29 is 26.2 Å². The van der Waals surface area contributed by atoms with Crippen molar-refractivity contribution in [2.75, 3.05) is 0 Å². The van der Waals surface area contributed by atoms with Crippen LogP contribution in [0.15, 0.2) is 48.0 Å². The van der Waals surface area contributed by atoms with Crippen LogP contribution in [0.1, 0.15) is 56.2 Å². The minimum absolute atomic E-state index is 0. The molecule has 0 aromatic heterocycles. The molecule has 0 aliphatic heterocycles. The summed E-state index contributed by atoms with van der Waals surface area (Å²) in [6.07, 6.45) is 6.02. The van der Waals surface area contributed by atoms with E-state index < -0.39 is 0 Å². The minimum Gasteiger partial charge on any atom is -0.0652 e. The van der Waals surface area contributed by atoms with Crippen LogP contribution in [0.3, 0.4) is 0 Å². The SMILES string of the molecule is CCCC1=Cc2c(cccc2-c2ccc(C(C)C)cc2)C1.[Zr]. The summed E-state index contributed by atoms with van der Waals surface area (Å²) in [7, 11) is 0. The maximum Gasteiger partial charge on any atom is 0 e. The van der Waals surface area contributed by atoms with Gasteiger partial charge in [0, 0.05) is 26.2 Å². The smallest absolute Gasteiger partial charge is 0 e. The van der Waals surface area contributed by atoms with Crippen LogP contribution in [0, 0.1) is 0 Å². The number of fused-ring (bicyclic) bond motifs is 1. The molecule has 0 heterocycles. The molecule has 0 saturated heterocycles. The largest absolute Gasteiger partial charge is 0.0652 e. The fraction of sp³-hybridized carbons (Fsp3) is 0.333. The Morgan fingerprint density at radius 3 is 2.36 bits per heavy atom. The molecule has 112 valence electrons. The zero-order valence-corrected chi connectivity index (χ0v) is 16.3. The third kappa shape index (κ3) is 3.52. The van der Waals surface area contributed by atoms with Crippen LogP contribution < -0.4 is 0 Å². The first-order chi connectivity index (χ1) is 10.2. The van der Waals surface area contributed by atoms with E-state index in [2.05, 4.69) is 69.3 Å². The van der Waals surface area contributed by atoms with E-state index in [1.54, 1.807) is 5.57 Å². The van der Waals surface area contributed by atoms with Gasteiger partial charge in [0.1, 0.15) is 0 Å². The first-order valence-electron chi connectivity index (χ1n) is 8.10. The van der Waals surface area contributed by atoms with E-state index in [9.17, 15) is 0 Å². The third-order valence-electron chi connectivity index (χ3n) is 4.42. The van der Waals surface area contributed by atoms with Gasteiger partial charge in [-0.15, -0.1) is 0 Å². The van der Waals surface area contributed by atoms with Gasteiger partial charge in [0.05, 0.1) is 0 Å². The fourth-order valence-corrected chi connectivity index (χ4v) is 3.22. The molecule has 3 rings (SSSR count). The van der Waals surface area contributed by atoms with Gasteiger partial charge < -0.3 is 0 Å². The van der Waals surface area contributed by atoms with Crippen LogP contribution in [-0.2, 0) is 32.6 Å². The molecule has 1 aliphatic rings. The zero-order chi connectivity index (χ0) is 14.8. The van der Waals surface area contributed by atoms with Crippen molar-refractivity contribution in [1.29, 1.82) is 0 Å². The number of benzene rings is 2. The van der Waals surface area contributed by atoms with Crippen molar-refractivity contribution in [1.82, 2.24) is 0 Å². The van der Waals surface area contributed by atoms with Crippen molar-refractivity contribution >= 4 is 6.08 Å². The van der Waals surface area contributed by atoms with Gasteiger partial charge in [0.25, 0.3) is 0 Å². The van der Waals surface area contributed by atoms with Crippen molar-refractivity contribution in [2.45, 2.75) is 46.0 Å². The average Bonchev–Trinajstić information content (AvgIpc) is 2.90. The number of hydrogen-bond acceptors (Lipinski definition) is 0. The summed E-state index contributed by atoms with van der Waals surface area (Å²) in [5, 5.41) is 0. The van der Waals surface area contributed by atoms with Crippen LogP contribution in [0.5, 0.6) is 0 Å². The molecule has 0 fully saturated rings. The molecule has 0 nitrogen and oxygen atoms in total. The van der Waals surface area contributed by atoms with Gasteiger partial charge in [0.2, 0.25) is 0 Å². The van der Waals surface area contributed by atoms with Crippen LogP contribution in [0.25, 0.3) is 17.2 Å². The first-order valence-corrected chi connectivity index (χ1v) is 8.10. The number of hydrogen-bond donors (Lipinski definition) is 0. The molecule has 1 heteroatoms. The predicted octanol–water partition coefficient (Wildman–Crippen LogP) is 6.21. The molecule has 0 atom stereocenters. The van der Waals surface area contributed by atoms with E-state index in [1.807, 2.05) is 0 Å². The molecule has 2 aromatic carbocycles. The summed E-state index contributed by atoms with van der Waals surface area (Å²) in [4.78, 5) is 0. The van der Waals surface area contributed by atoms with Gasteiger partial charge in [-0.1, -0.05) is 81.3 Å². The van der Waals surface area contributed by atoms with E-state index in [0.29, 0.717) is 5.92 Å². The molecule has 0 N–H and O–H groups in total. The van der Waals surface area contributed by atoms with E-state index in [4.69, 9.17) is 0 Å². The predicted molar refractivity (Wildman–Crippen MR) is 92.6 cm³/mol. The molecule has 0 saturated carbocycles. The minimum atomic E-state index is 0. The van der Waals surface area contributed by atoms with Gasteiger partial charge in [-0.05, 0) is 46.6 Å². The Morgan fingerprint density at radius 2 is 1.73 bits per heavy atom. The Labute approximate surface area is 153 Å². The van der Waals surface area contributed by atoms with Gasteiger partial charge in [-0.3, -0.25) is 0 Å². The third-order valence-corrected chi connectivity index (χ3v) is 4.42. The van der Waals surface area contributed by atoms with Crippen LogP contribution >= 0.6 is 0 Å². The first kappa shape index (κ1) is 17.4. The number of allylic oxidation sites excluding steroid dienone is 1. The quantitative estimate of drug-likeness (QED) is 0.602. The summed E-state index contributed by atoms with van der Waals surface area (Å²) in [5.74, 6) is 0.594. The Kier molecular flexibility index (Phi) is 5.98. The molecule has 0 amide bonds. The topological polar surface area (TPSA) is 0 Å². The normalized spacial score (nSPS) is 12.8. The van der Waals surface area contributed by atoms with Crippen LogP contribution in [0.2, 0.25) is 0 Å². The Morgan fingerprint density at radius 1 is 1.00 bits per heavy atom. The molecule has 0 unspecified atom stereocenters. The summed E-state index contributed by atoms with van der Waals surface area (Å²) in [5.41, 5.74) is 8.65. The van der Waals surface area contributed by atoms with E-state index in [-0.39, 0.29) is 26.2 Å². The maximum atomic E-state index is 2.42. The van der Waals surface area contributed by atoms with Crippen molar-refractivity contribution in [3.63, 3.8) is 0 Å². The maximum absolute atomic E-state index is 2.42. The summed E-state index contributed by atoms with van der Waals surface area (Å²) in [6, 6.07) is 15.8. The van der Waals surface area contributed by atoms with E-state index in [1.165, 1.54) is 40.7 Å². The molecule has 22 heavy (non-hydrogen) atoms. The number of rotatable bonds is 4. The molecule has 0 bridgehead atoms. The van der Waals surface area contributed by atoms with E-state index >= 15 is 0 Å². The molecular formula is C21H24Zr.